The Kier molecular flexibility index (Phi) is 9.26. The number of carbonyl (C=O) groups is 1. The number of allylic oxidation sites excluding steroid dienone is 1. The van der Waals surface area contributed by atoms with Crippen molar-refractivity contribution < 1.29 is 18.0 Å². The Morgan fingerprint density at radius 1 is 1.13 bits per heavy atom. The molecule has 202 valence electrons. The molecule has 1 aromatic heterocycles. The molecule has 38 heavy (non-hydrogen) atoms. The standard InChI is InChI=1S/C30H33ClF3N3O/c1-6-15-29(4,30(32,33)34)28(23-13-12-20(2)18-25(23)31)36-26-10-7-11-27(24(26)9-8-17-38)37(5)22-14-16-35-21(3)19-22/h7-14,16-19,28,36H,6,15H2,1-5H3/b9-8-. The molecule has 0 saturated carbocycles. The maximum atomic E-state index is 14.8. The number of nitrogens with zero attached hydrogens (tertiary/aromatic N) is 2. The van der Waals surface area contributed by atoms with Gasteiger partial charge in [0.05, 0.1) is 17.1 Å². The third-order valence-corrected chi connectivity index (χ3v) is 7.20. The zero-order chi connectivity index (χ0) is 28.1. The van der Waals surface area contributed by atoms with E-state index in [1.165, 1.54) is 13.0 Å². The average Bonchev–Trinajstić information content (AvgIpc) is 2.85. The lowest BCUT2D eigenvalue weighted by molar-refractivity contribution is -0.226. The molecule has 0 amide bonds. The molecule has 0 radical (unpaired) electrons. The van der Waals surface area contributed by atoms with Gasteiger partial charge in [-0.05, 0) is 80.8 Å². The topological polar surface area (TPSA) is 45.2 Å². The van der Waals surface area contributed by atoms with Crippen LogP contribution in [-0.2, 0) is 4.79 Å². The number of rotatable bonds is 10. The van der Waals surface area contributed by atoms with Crippen molar-refractivity contribution in [2.45, 2.75) is 52.8 Å². The fraction of sp³-hybridized carbons (Fsp3) is 0.333. The fourth-order valence-corrected chi connectivity index (χ4v) is 5.08. The van der Waals surface area contributed by atoms with Crippen LogP contribution >= 0.6 is 11.6 Å². The summed E-state index contributed by atoms with van der Waals surface area (Å²) in [6.45, 7) is 6.70. The van der Waals surface area contributed by atoms with E-state index in [9.17, 15) is 18.0 Å². The molecule has 0 aliphatic carbocycles. The SMILES string of the molecule is CCCC(C)(C(Nc1cccc(N(C)c2ccnc(C)c2)c1/C=C\C=O)c1ccc(C)cc1Cl)C(F)(F)F. The smallest absolute Gasteiger partial charge is 0.377 e. The quantitative estimate of drug-likeness (QED) is 0.205. The molecule has 4 nitrogen and oxygen atoms in total. The number of aryl methyl sites for hydroxylation is 2. The van der Waals surface area contributed by atoms with E-state index in [0.29, 0.717) is 35.2 Å². The molecule has 0 aliphatic rings. The van der Waals surface area contributed by atoms with Crippen molar-refractivity contribution in [1.29, 1.82) is 0 Å². The molecule has 8 heteroatoms. The zero-order valence-corrected chi connectivity index (χ0v) is 23.0. The second kappa shape index (κ2) is 12.0. The number of aromatic nitrogens is 1. The van der Waals surface area contributed by atoms with Crippen LogP contribution in [0.15, 0.2) is 60.8 Å². The number of anilines is 3. The molecule has 2 aromatic carbocycles. The van der Waals surface area contributed by atoms with Crippen LogP contribution in [0.2, 0.25) is 5.02 Å². The Bertz CT molecular complexity index is 1310. The van der Waals surface area contributed by atoms with Gasteiger partial charge in [0.15, 0.2) is 0 Å². The van der Waals surface area contributed by atoms with Crippen molar-refractivity contribution in [2.24, 2.45) is 5.41 Å². The van der Waals surface area contributed by atoms with Gasteiger partial charge in [-0.1, -0.05) is 43.1 Å². The summed E-state index contributed by atoms with van der Waals surface area (Å²) < 4.78 is 44.3. The molecule has 0 fully saturated rings. The molecule has 2 unspecified atom stereocenters. The zero-order valence-electron chi connectivity index (χ0n) is 22.2. The van der Waals surface area contributed by atoms with Crippen molar-refractivity contribution in [2.75, 3.05) is 17.3 Å². The van der Waals surface area contributed by atoms with Gasteiger partial charge in [0.25, 0.3) is 0 Å². The first-order valence-electron chi connectivity index (χ1n) is 12.4. The molecular formula is C30H33ClF3N3O. The number of aldehydes is 1. The van der Waals surface area contributed by atoms with Gasteiger partial charge >= 0.3 is 6.18 Å². The first-order chi connectivity index (χ1) is 17.9. The van der Waals surface area contributed by atoms with Crippen LogP contribution in [0.25, 0.3) is 6.08 Å². The fourth-order valence-electron chi connectivity index (χ4n) is 4.73. The van der Waals surface area contributed by atoms with Crippen molar-refractivity contribution in [3.63, 3.8) is 0 Å². The summed E-state index contributed by atoms with van der Waals surface area (Å²) in [6.07, 6.45) is 0.984. The number of alkyl halides is 3. The number of halogens is 4. The number of hydrogen-bond donors (Lipinski definition) is 1. The maximum Gasteiger partial charge on any atom is 0.396 e. The largest absolute Gasteiger partial charge is 0.396 e. The molecule has 1 N–H and O–H groups in total. The van der Waals surface area contributed by atoms with Gasteiger partial charge in [0.2, 0.25) is 0 Å². The lowest BCUT2D eigenvalue weighted by Gasteiger charge is -2.41. The molecule has 0 saturated heterocycles. The first kappa shape index (κ1) is 29.2. The Balaban J connectivity index is 2.23. The van der Waals surface area contributed by atoms with Crippen LogP contribution in [0.1, 0.15) is 55.1 Å². The predicted octanol–water partition coefficient (Wildman–Crippen LogP) is 8.85. The van der Waals surface area contributed by atoms with E-state index >= 15 is 0 Å². The van der Waals surface area contributed by atoms with Crippen LogP contribution in [0.3, 0.4) is 0 Å². The Morgan fingerprint density at radius 2 is 1.87 bits per heavy atom. The molecule has 2 atom stereocenters. The Labute approximate surface area is 227 Å². The number of pyridine rings is 1. The highest BCUT2D eigenvalue weighted by Gasteiger charge is 2.56. The highest BCUT2D eigenvalue weighted by atomic mass is 35.5. The van der Waals surface area contributed by atoms with Gasteiger partial charge in [-0.2, -0.15) is 13.2 Å². The molecule has 1 heterocycles. The minimum Gasteiger partial charge on any atom is -0.377 e. The number of benzene rings is 2. The predicted molar refractivity (Wildman–Crippen MR) is 150 cm³/mol. The van der Waals surface area contributed by atoms with Gasteiger partial charge < -0.3 is 10.2 Å². The highest BCUT2D eigenvalue weighted by Crippen LogP contribution is 2.53. The average molecular weight is 544 g/mol. The van der Waals surface area contributed by atoms with Gasteiger partial charge in [-0.25, -0.2) is 0 Å². The third kappa shape index (κ3) is 6.21. The molecule has 3 aromatic rings. The summed E-state index contributed by atoms with van der Waals surface area (Å²) >= 11 is 6.56. The molecule has 0 spiro atoms. The summed E-state index contributed by atoms with van der Waals surface area (Å²) in [5.74, 6) is 0. The summed E-state index contributed by atoms with van der Waals surface area (Å²) in [5, 5.41) is 3.48. The minimum atomic E-state index is -4.52. The van der Waals surface area contributed by atoms with Crippen molar-refractivity contribution >= 4 is 41.0 Å². The van der Waals surface area contributed by atoms with Crippen LogP contribution in [0.4, 0.5) is 30.2 Å². The highest BCUT2D eigenvalue weighted by molar-refractivity contribution is 6.31. The van der Waals surface area contributed by atoms with E-state index in [1.807, 2.05) is 44.0 Å². The summed E-state index contributed by atoms with van der Waals surface area (Å²) in [7, 11) is 1.86. The Morgan fingerprint density at radius 3 is 2.47 bits per heavy atom. The van der Waals surface area contributed by atoms with Crippen molar-refractivity contribution in [3.8, 4) is 0 Å². The third-order valence-electron chi connectivity index (χ3n) is 6.87. The van der Waals surface area contributed by atoms with Gasteiger partial charge in [-0.15, -0.1) is 0 Å². The van der Waals surface area contributed by atoms with Gasteiger partial charge in [0, 0.05) is 40.9 Å². The van der Waals surface area contributed by atoms with Crippen LogP contribution in [0.5, 0.6) is 0 Å². The minimum absolute atomic E-state index is 0.103. The van der Waals surface area contributed by atoms with E-state index in [-0.39, 0.29) is 11.4 Å². The number of hydrogen-bond acceptors (Lipinski definition) is 4. The monoisotopic (exact) mass is 543 g/mol. The molecule has 0 aliphatic heterocycles. The Hall–Kier alpha value is -3.32. The first-order valence-corrected chi connectivity index (χ1v) is 12.8. The lowest BCUT2D eigenvalue weighted by Crippen LogP contribution is -2.44. The van der Waals surface area contributed by atoms with E-state index in [1.54, 1.807) is 49.5 Å². The van der Waals surface area contributed by atoms with E-state index < -0.39 is 17.6 Å². The summed E-state index contributed by atoms with van der Waals surface area (Å²) in [6, 6.07) is 13.0. The second-order valence-electron chi connectivity index (χ2n) is 9.72. The molecule has 0 bridgehead atoms. The summed E-state index contributed by atoms with van der Waals surface area (Å²) in [4.78, 5) is 17.4. The number of nitrogens with one attached hydrogen (secondary N) is 1. The van der Waals surface area contributed by atoms with Gasteiger partial charge in [-0.3, -0.25) is 9.78 Å². The van der Waals surface area contributed by atoms with Crippen LogP contribution in [-0.4, -0.2) is 24.5 Å². The van der Waals surface area contributed by atoms with E-state index in [0.717, 1.165) is 16.9 Å². The van der Waals surface area contributed by atoms with Gasteiger partial charge in [0.1, 0.15) is 6.29 Å². The molecule has 3 rings (SSSR count). The second-order valence-corrected chi connectivity index (χ2v) is 10.1. The van der Waals surface area contributed by atoms with Crippen molar-refractivity contribution in [1.82, 2.24) is 4.98 Å². The molecular weight excluding hydrogens is 511 g/mol. The lowest BCUT2D eigenvalue weighted by atomic mass is 9.74. The summed E-state index contributed by atoms with van der Waals surface area (Å²) in [5.41, 5.74) is 2.49. The van der Waals surface area contributed by atoms with Crippen LogP contribution < -0.4 is 10.2 Å². The number of carbonyl (C=O) groups excluding carboxylic acids is 1. The van der Waals surface area contributed by atoms with E-state index in [4.69, 9.17) is 11.6 Å². The van der Waals surface area contributed by atoms with E-state index in [2.05, 4.69) is 10.3 Å². The van der Waals surface area contributed by atoms with Crippen molar-refractivity contribution in [3.05, 3.63) is 88.2 Å². The normalized spacial score (nSPS) is 14.2. The maximum absolute atomic E-state index is 14.8. The van der Waals surface area contributed by atoms with Crippen LogP contribution in [0, 0.1) is 19.3 Å².